The molecule has 0 radical (unpaired) electrons. The van der Waals surface area contributed by atoms with E-state index in [9.17, 15) is 4.79 Å². The highest BCUT2D eigenvalue weighted by atomic mass is 16.1. The highest BCUT2D eigenvalue weighted by Gasteiger charge is 2.22. The Balaban J connectivity index is 1.52. The average Bonchev–Trinajstić information content (AvgIpc) is 2.72. The standard InChI is InChI=1S/C24H27N3O/c1-17(2)9-13-27-14-10-19(11-15-27)26-24(28)22-16-18-6-3-4-7-20(18)21-8-5-12-25-23(21)22/h3-9,12,16,19H,10-11,13-15H2,1-2H3,(H,26,28). The Hall–Kier alpha value is -2.72. The molecular weight excluding hydrogens is 346 g/mol. The van der Waals surface area contributed by atoms with E-state index in [4.69, 9.17) is 0 Å². The van der Waals surface area contributed by atoms with Gasteiger partial charge in [0.15, 0.2) is 0 Å². The summed E-state index contributed by atoms with van der Waals surface area (Å²) in [5.74, 6) is -0.0165. The highest BCUT2D eigenvalue weighted by Crippen LogP contribution is 2.27. The van der Waals surface area contributed by atoms with Gasteiger partial charge in [-0.1, -0.05) is 42.0 Å². The third-order valence-electron chi connectivity index (χ3n) is 5.54. The smallest absolute Gasteiger partial charge is 0.253 e. The summed E-state index contributed by atoms with van der Waals surface area (Å²) in [7, 11) is 0. The number of pyridine rings is 1. The van der Waals surface area contributed by atoms with Gasteiger partial charge in [0.25, 0.3) is 5.91 Å². The first-order chi connectivity index (χ1) is 13.6. The maximum Gasteiger partial charge on any atom is 0.253 e. The minimum Gasteiger partial charge on any atom is -0.349 e. The van der Waals surface area contributed by atoms with E-state index < -0.39 is 0 Å². The van der Waals surface area contributed by atoms with E-state index in [2.05, 4.69) is 47.3 Å². The van der Waals surface area contributed by atoms with Crippen molar-refractivity contribution in [1.82, 2.24) is 15.2 Å². The van der Waals surface area contributed by atoms with E-state index in [1.807, 2.05) is 30.3 Å². The van der Waals surface area contributed by atoms with Gasteiger partial charge in [-0.2, -0.15) is 0 Å². The first kappa shape index (κ1) is 18.6. The number of carbonyl (C=O) groups is 1. The molecule has 144 valence electrons. The van der Waals surface area contributed by atoms with Gasteiger partial charge in [-0.25, -0.2) is 0 Å². The van der Waals surface area contributed by atoms with Crippen LogP contribution in [-0.4, -0.2) is 41.5 Å². The second-order valence-corrected chi connectivity index (χ2v) is 7.87. The number of likely N-dealkylation sites (tertiary alicyclic amines) is 1. The van der Waals surface area contributed by atoms with Crippen molar-refractivity contribution >= 4 is 27.6 Å². The van der Waals surface area contributed by atoms with E-state index in [1.165, 1.54) is 5.57 Å². The van der Waals surface area contributed by atoms with Crippen LogP contribution in [0.2, 0.25) is 0 Å². The van der Waals surface area contributed by atoms with Gasteiger partial charge in [-0.3, -0.25) is 14.7 Å². The number of nitrogens with one attached hydrogen (secondary N) is 1. The molecule has 4 rings (SSSR count). The number of fused-ring (bicyclic) bond motifs is 3. The van der Waals surface area contributed by atoms with Crippen molar-refractivity contribution in [1.29, 1.82) is 0 Å². The summed E-state index contributed by atoms with van der Waals surface area (Å²) in [5.41, 5.74) is 2.80. The van der Waals surface area contributed by atoms with Crippen molar-refractivity contribution < 1.29 is 4.79 Å². The second kappa shape index (κ2) is 8.11. The third kappa shape index (κ3) is 3.92. The van der Waals surface area contributed by atoms with Gasteiger partial charge < -0.3 is 5.32 Å². The Bertz CT molecular complexity index is 1030. The molecule has 3 aromatic rings. The fraction of sp³-hybridized carbons (Fsp3) is 0.333. The average molecular weight is 374 g/mol. The zero-order chi connectivity index (χ0) is 19.5. The number of hydrogen-bond acceptors (Lipinski definition) is 3. The van der Waals surface area contributed by atoms with E-state index in [-0.39, 0.29) is 11.9 Å². The number of carbonyl (C=O) groups excluding carboxylic acids is 1. The highest BCUT2D eigenvalue weighted by molar-refractivity contribution is 6.15. The van der Waals surface area contributed by atoms with Gasteiger partial charge in [0, 0.05) is 37.3 Å². The molecule has 1 saturated heterocycles. The van der Waals surface area contributed by atoms with Crippen molar-refractivity contribution in [3.05, 3.63) is 65.9 Å². The first-order valence-corrected chi connectivity index (χ1v) is 10.0. The summed E-state index contributed by atoms with van der Waals surface area (Å²) in [6.07, 6.45) is 6.00. The largest absolute Gasteiger partial charge is 0.349 e. The van der Waals surface area contributed by atoms with E-state index >= 15 is 0 Å². The normalized spacial score (nSPS) is 15.6. The summed E-state index contributed by atoms with van der Waals surface area (Å²) in [5, 5.41) is 6.49. The number of aromatic nitrogens is 1. The van der Waals surface area contributed by atoms with Crippen LogP contribution in [0.25, 0.3) is 21.7 Å². The molecule has 4 heteroatoms. The van der Waals surface area contributed by atoms with Crippen LogP contribution in [0.1, 0.15) is 37.0 Å². The Morgan fingerprint density at radius 1 is 1.14 bits per heavy atom. The molecule has 1 fully saturated rings. The summed E-state index contributed by atoms with van der Waals surface area (Å²) in [6, 6.07) is 14.3. The van der Waals surface area contributed by atoms with Crippen LogP contribution in [0.4, 0.5) is 0 Å². The zero-order valence-corrected chi connectivity index (χ0v) is 16.6. The molecular formula is C24H27N3O. The molecule has 1 aliphatic heterocycles. The maximum absolute atomic E-state index is 13.1. The Morgan fingerprint density at radius 2 is 1.89 bits per heavy atom. The van der Waals surface area contributed by atoms with Crippen LogP contribution in [0.15, 0.2) is 60.3 Å². The van der Waals surface area contributed by atoms with E-state index in [1.54, 1.807) is 6.20 Å². The molecule has 1 N–H and O–H groups in total. The van der Waals surface area contributed by atoms with E-state index in [0.717, 1.165) is 54.2 Å². The van der Waals surface area contributed by atoms with Crippen LogP contribution < -0.4 is 5.32 Å². The molecule has 0 bridgehead atoms. The van der Waals surface area contributed by atoms with Crippen LogP contribution >= 0.6 is 0 Å². The zero-order valence-electron chi connectivity index (χ0n) is 16.6. The summed E-state index contributed by atoms with van der Waals surface area (Å²) in [6.45, 7) is 7.31. The first-order valence-electron chi connectivity index (χ1n) is 10.0. The lowest BCUT2D eigenvalue weighted by molar-refractivity contribution is 0.0915. The SMILES string of the molecule is CC(C)=CCN1CCC(NC(=O)c2cc3ccccc3c3cccnc23)CC1. The number of hydrogen-bond donors (Lipinski definition) is 1. The molecule has 1 aromatic heterocycles. The lowest BCUT2D eigenvalue weighted by atomic mass is 9.99. The van der Waals surface area contributed by atoms with Crippen molar-refractivity contribution in [3.63, 3.8) is 0 Å². The minimum atomic E-state index is -0.0165. The number of amides is 1. The fourth-order valence-electron chi connectivity index (χ4n) is 3.94. The molecule has 28 heavy (non-hydrogen) atoms. The van der Waals surface area contributed by atoms with Crippen molar-refractivity contribution in [3.8, 4) is 0 Å². The van der Waals surface area contributed by atoms with Crippen LogP contribution in [-0.2, 0) is 0 Å². The molecule has 1 amide bonds. The molecule has 0 saturated carbocycles. The van der Waals surface area contributed by atoms with Crippen molar-refractivity contribution in [2.75, 3.05) is 19.6 Å². The Kier molecular flexibility index (Phi) is 5.40. The number of nitrogens with zero attached hydrogens (tertiary/aromatic N) is 2. The van der Waals surface area contributed by atoms with E-state index in [0.29, 0.717) is 5.56 Å². The second-order valence-electron chi connectivity index (χ2n) is 7.87. The fourth-order valence-corrected chi connectivity index (χ4v) is 3.94. The molecule has 0 atom stereocenters. The quantitative estimate of drug-likeness (QED) is 0.539. The Morgan fingerprint density at radius 3 is 2.68 bits per heavy atom. The summed E-state index contributed by atoms with van der Waals surface area (Å²) in [4.78, 5) is 20.1. The van der Waals surface area contributed by atoms with Gasteiger partial charge in [0.1, 0.15) is 0 Å². The van der Waals surface area contributed by atoms with Gasteiger partial charge in [-0.05, 0) is 49.6 Å². The van der Waals surface area contributed by atoms with Gasteiger partial charge in [0.2, 0.25) is 0 Å². The predicted octanol–water partition coefficient (Wildman–Crippen LogP) is 4.55. The predicted molar refractivity (Wildman–Crippen MR) is 116 cm³/mol. The third-order valence-corrected chi connectivity index (χ3v) is 5.54. The molecule has 4 nitrogen and oxygen atoms in total. The number of piperidine rings is 1. The topological polar surface area (TPSA) is 45.2 Å². The minimum absolute atomic E-state index is 0.0165. The molecule has 2 heterocycles. The number of allylic oxidation sites excluding steroid dienone is 1. The number of rotatable bonds is 4. The van der Waals surface area contributed by atoms with Crippen LogP contribution in [0, 0.1) is 0 Å². The molecule has 0 spiro atoms. The van der Waals surface area contributed by atoms with Crippen molar-refractivity contribution in [2.45, 2.75) is 32.7 Å². The molecule has 1 aliphatic rings. The van der Waals surface area contributed by atoms with Crippen molar-refractivity contribution in [2.24, 2.45) is 0 Å². The number of benzene rings is 2. The lowest BCUT2D eigenvalue weighted by Gasteiger charge is -2.31. The molecule has 2 aromatic carbocycles. The Labute approximate surface area is 166 Å². The molecule has 0 unspecified atom stereocenters. The monoisotopic (exact) mass is 373 g/mol. The van der Waals surface area contributed by atoms with Crippen LogP contribution in [0.5, 0.6) is 0 Å². The maximum atomic E-state index is 13.1. The molecule has 0 aliphatic carbocycles. The van der Waals surface area contributed by atoms with Gasteiger partial charge >= 0.3 is 0 Å². The summed E-state index contributed by atoms with van der Waals surface area (Å²) < 4.78 is 0. The van der Waals surface area contributed by atoms with Gasteiger partial charge in [-0.15, -0.1) is 0 Å². The lowest BCUT2D eigenvalue weighted by Crippen LogP contribution is -2.44. The summed E-state index contributed by atoms with van der Waals surface area (Å²) >= 11 is 0. The van der Waals surface area contributed by atoms with Gasteiger partial charge in [0.05, 0.1) is 11.1 Å². The van der Waals surface area contributed by atoms with Crippen LogP contribution in [0.3, 0.4) is 0 Å².